The summed E-state index contributed by atoms with van der Waals surface area (Å²) in [5, 5.41) is 6.26. The molecule has 2 aliphatic heterocycles. The van der Waals surface area contributed by atoms with Crippen molar-refractivity contribution in [3.05, 3.63) is 30.0 Å². The molecule has 1 aromatic carbocycles. The quantitative estimate of drug-likeness (QED) is 0.922. The molecule has 0 spiro atoms. The van der Waals surface area contributed by atoms with Gasteiger partial charge in [-0.25, -0.2) is 4.98 Å². The predicted octanol–water partition coefficient (Wildman–Crippen LogP) is 2.42. The van der Waals surface area contributed by atoms with Crippen LogP contribution in [0.4, 0.5) is 11.5 Å². The van der Waals surface area contributed by atoms with Gasteiger partial charge >= 0.3 is 0 Å². The Morgan fingerprint density at radius 2 is 2.23 bits per heavy atom. The monoisotopic (exact) mass is 296 g/mol. The van der Waals surface area contributed by atoms with Gasteiger partial charge in [-0.05, 0) is 37.4 Å². The van der Waals surface area contributed by atoms with E-state index in [1.807, 2.05) is 0 Å². The standard InChI is InChI=1S/C18H24N4/c1-21(2)18-15-6-3-7-16-17(15)13(11-20-18)8-10-22(16)14-5-4-9-19-12-14/h3,6-7,11,14,19H,4-5,8-10,12H2,1-2H3. The lowest BCUT2D eigenvalue weighted by Crippen LogP contribution is -2.48. The number of hydrogen-bond donors (Lipinski definition) is 1. The van der Waals surface area contributed by atoms with E-state index in [0.29, 0.717) is 6.04 Å². The van der Waals surface area contributed by atoms with Crippen LogP contribution in [0.2, 0.25) is 0 Å². The molecule has 1 unspecified atom stereocenters. The third kappa shape index (κ3) is 2.13. The lowest BCUT2D eigenvalue weighted by Gasteiger charge is -2.40. The van der Waals surface area contributed by atoms with Gasteiger partial charge in [-0.15, -0.1) is 0 Å². The Kier molecular flexibility index (Phi) is 3.41. The smallest absolute Gasteiger partial charge is 0.135 e. The molecule has 1 saturated heterocycles. The highest BCUT2D eigenvalue weighted by atomic mass is 15.2. The van der Waals surface area contributed by atoms with Crippen LogP contribution >= 0.6 is 0 Å². The van der Waals surface area contributed by atoms with E-state index in [4.69, 9.17) is 0 Å². The van der Waals surface area contributed by atoms with Gasteiger partial charge in [-0.2, -0.15) is 0 Å². The molecule has 0 saturated carbocycles. The van der Waals surface area contributed by atoms with Crippen molar-refractivity contribution in [2.45, 2.75) is 25.3 Å². The Morgan fingerprint density at radius 1 is 1.32 bits per heavy atom. The molecule has 2 aromatic rings. The molecule has 0 bridgehead atoms. The zero-order chi connectivity index (χ0) is 15.1. The van der Waals surface area contributed by atoms with Crippen LogP contribution in [0.25, 0.3) is 10.8 Å². The predicted molar refractivity (Wildman–Crippen MR) is 93.0 cm³/mol. The molecular weight excluding hydrogens is 272 g/mol. The molecule has 0 amide bonds. The van der Waals surface area contributed by atoms with Crippen molar-refractivity contribution in [1.29, 1.82) is 0 Å². The van der Waals surface area contributed by atoms with Crippen molar-refractivity contribution in [3.8, 4) is 0 Å². The van der Waals surface area contributed by atoms with E-state index in [1.54, 1.807) is 0 Å². The van der Waals surface area contributed by atoms with Crippen molar-refractivity contribution in [2.24, 2.45) is 0 Å². The molecule has 116 valence electrons. The van der Waals surface area contributed by atoms with Crippen LogP contribution in [0.5, 0.6) is 0 Å². The van der Waals surface area contributed by atoms with Crippen LogP contribution in [0.1, 0.15) is 18.4 Å². The lowest BCUT2D eigenvalue weighted by atomic mass is 9.95. The number of piperidine rings is 1. The summed E-state index contributed by atoms with van der Waals surface area (Å²) in [4.78, 5) is 9.43. The first-order valence-electron chi connectivity index (χ1n) is 8.31. The molecule has 3 heterocycles. The van der Waals surface area contributed by atoms with E-state index in [0.717, 1.165) is 25.3 Å². The molecule has 1 fully saturated rings. The van der Waals surface area contributed by atoms with E-state index in [-0.39, 0.29) is 0 Å². The van der Waals surface area contributed by atoms with Gasteiger partial charge in [-0.3, -0.25) is 0 Å². The maximum Gasteiger partial charge on any atom is 0.135 e. The second-order valence-electron chi connectivity index (χ2n) is 6.64. The first-order chi connectivity index (χ1) is 10.8. The van der Waals surface area contributed by atoms with E-state index in [9.17, 15) is 0 Å². The number of nitrogens with zero attached hydrogens (tertiary/aromatic N) is 3. The molecule has 1 aromatic heterocycles. The summed E-state index contributed by atoms with van der Waals surface area (Å²) in [6, 6.07) is 7.32. The zero-order valence-corrected chi connectivity index (χ0v) is 13.5. The van der Waals surface area contributed by atoms with Crippen LogP contribution in [-0.2, 0) is 6.42 Å². The molecule has 1 N–H and O–H groups in total. The van der Waals surface area contributed by atoms with Crippen LogP contribution < -0.4 is 15.1 Å². The SMILES string of the molecule is CN(C)c1ncc2c3c(cccc13)N(C1CCCNC1)CC2. The summed E-state index contributed by atoms with van der Waals surface area (Å²) in [6.45, 7) is 3.39. The van der Waals surface area contributed by atoms with Gasteiger partial charge in [-0.1, -0.05) is 12.1 Å². The normalized spacial score (nSPS) is 21.2. The molecule has 4 heteroatoms. The highest BCUT2D eigenvalue weighted by Gasteiger charge is 2.27. The van der Waals surface area contributed by atoms with Crippen molar-refractivity contribution < 1.29 is 0 Å². The van der Waals surface area contributed by atoms with Crippen molar-refractivity contribution in [3.63, 3.8) is 0 Å². The summed E-state index contributed by atoms with van der Waals surface area (Å²) in [5.74, 6) is 1.07. The maximum absolute atomic E-state index is 4.68. The summed E-state index contributed by atoms with van der Waals surface area (Å²) in [7, 11) is 4.14. The van der Waals surface area contributed by atoms with Crippen LogP contribution in [0.3, 0.4) is 0 Å². The van der Waals surface area contributed by atoms with Gasteiger partial charge in [0.2, 0.25) is 0 Å². The fraction of sp³-hybridized carbons (Fsp3) is 0.500. The Morgan fingerprint density at radius 3 is 3.00 bits per heavy atom. The molecule has 22 heavy (non-hydrogen) atoms. The van der Waals surface area contributed by atoms with Gasteiger partial charge in [0, 0.05) is 55.9 Å². The number of hydrogen-bond acceptors (Lipinski definition) is 4. The van der Waals surface area contributed by atoms with Crippen LogP contribution in [-0.4, -0.2) is 44.8 Å². The molecule has 2 aliphatic rings. The summed E-state index contributed by atoms with van der Waals surface area (Å²) >= 11 is 0. The second kappa shape index (κ2) is 5.43. The first-order valence-corrected chi connectivity index (χ1v) is 8.31. The zero-order valence-electron chi connectivity index (χ0n) is 13.5. The number of nitrogens with one attached hydrogen (secondary N) is 1. The molecule has 0 radical (unpaired) electrons. The van der Waals surface area contributed by atoms with E-state index < -0.39 is 0 Å². The summed E-state index contributed by atoms with van der Waals surface area (Å²) in [5.41, 5.74) is 2.80. The highest BCUT2D eigenvalue weighted by Crippen LogP contribution is 2.38. The lowest BCUT2D eigenvalue weighted by molar-refractivity contribution is 0.431. The minimum Gasteiger partial charge on any atom is -0.366 e. The average Bonchev–Trinajstić information content (AvgIpc) is 2.56. The average molecular weight is 296 g/mol. The molecule has 0 aliphatic carbocycles. The third-order valence-corrected chi connectivity index (χ3v) is 5.01. The van der Waals surface area contributed by atoms with E-state index in [1.165, 1.54) is 41.4 Å². The Bertz CT molecular complexity index is 689. The fourth-order valence-electron chi connectivity index (χ4n) is 3.96. The minimum absolute atomic E-state index is 0.628. The molecule has 1 atom stereocenters. The first kappa shape index (κ1) is 13.8. The van der Waals surface area contributed by atoms with Gasteiger partial charge in [0.1, 0.15) is 5.82 Å². The fourth-order valence-corrected chi connectivity index (χ4v) is 3.96. The van der Waals surface area contributed by atoms with Crippen LogP contribution in [0.15, 0.2) is 24.4 Å². The second-order valence-corrected chi connectivity index (χ2v) is 6.64. The Balaban J connectivity index is 1.86. The van der Waals surface area contributed by atoms with Gasteiger partial charge in [0.15, 0.2) is 0 Å². The number of rotatable bonds is 2. The third-order valence-electron chi connectivity index (χ3n) is 5.01. The van der Waals surface area contributed by atoms with Gasteiger partial charge in [0.05, 0.1) is 0 Å². The Labute approximate surface area is 132 Å². The summed E-state index contributed by atoms with van der Waals surface area (Å²) < 4.78 is 0. The van der Waals surface area contributed by atoms with Crippen LogP contribution in [0, 0.1) is 0 Å². The van der Waals surface area contributed by atoms with E-state index >= 15 is 0 Å². The molecular formula is C18H24N4. The number of pyridine rings is 1. The minimum atomic E-state index is 0.628. The summed E-state index contributed by atoms with van der Waals surface area (Å²) in [6.07, 6.45) is 5.76. The molecule has 4 nitrogen and oxygen atoms in total. The topological polar surface area (TPSA) is 31.4 Å². The van der Waals surface area contributed by atoms with E-state index in [2.05, 4.69) is 58.6 Å². The largest absolute Gasteiger partial charge is 0.366 e. The number of benzene rings is 1. The Hall–Kier alpha value is -1.81. The number of anilines is 2. The molecule has 4 rings (SSSR count). The van der Waals surface area contributed by atoms with Crippen molar-refractivity contribution in [1.82, 2.24) is 10.3 Å². The van der Waals surface area contributed by atoms with Crippen molar-refractivity contribution in [2.75, 3.05) is 43.5 Å². The van der Waals surface area contributed by atoms with Crippen molar-refractivity contribution >= 4 is 22.3 Å². The highest BCUT2D eigenvalue weighted by molar-refractivity contribution is 6.03. The number of aromatic nitrogens is 1. The van der Waals surface area contributed by atoms with Gasteiger partial charge < -0.3 is 15.1 Å². The maximum atomic E-state index is 4.68. The van der Waals surface area contributed by atoms with Gasteiger partial charge in [0.25, 0.3) is 0 Å².